The lowest BCUT2D eigenvalue weighted by Gasteiger charge is -2.34. The molecular weight excluding hydrogens is 246 g/mol. The molecule has 0 bridgehead atoms. The van der Waals surface area contributed by atoms with Gasteiger partial charge in [0.05, 0.1) is 12.6 Å². The van der Waals surface area contributed by atoms with E-state index in [1.807, 2.05) is 0 Å². The van der Waals surface area contributed by atoms with Gasteiger partial charge in [0.2, 0.25) is 0 Å². The van der Waals surface area contributed by atoms with Gasteiger partial charge < -0.3 is 9.80 Å². The van der Waals surface area contributed by atoms with Crippen LogP contribution >= 0.6 is 0 Å². The van der Waals surface area contributed by atoms with E-state index in [2.05, 4.69) is 37.7 Å². The molecule has 3 nitrogen and oxygen atoms in total. The zero-order valence-corrected chi connectivity index (χ0v) is 13.9. The Kier molecular flexibility index (Phi) is 5.74. The van der Waals surface area contributed by atoms with Crippen LogP contribution in [0.5, 0.6) is 0 Å². The van der Waals surface area contributed by atoms with Crippen LogP contribution in [0.15, 0.2) is 4.99 Å². The summed E-state index contributed by atoms with van der Waals surface area (Å²) in [6.07, 6.45) is 9.87. The molecule has 0 aromatic rings. The summed E-state index contributed by atoms with van der Waals surface area (Å²) in [4.78, 5) is 9.63. The van der Waals surface area contributed by atoms with Crippen molar-refractivity contribution in [3.63, 3.8) is 0 Å². The molecule has 1 aliphatic heterocycles. The minimum Gasteiger partial charge on any atom is -0.349 e. The van der Waals surface area contributed by atoms with Crippen molar-refractivity contribution in [1.82, 2.24) is 9.80 Å². The van der Waals surface area contributed by atoms with Crippen molar-refractivity contribution in [3.05, 3.63) is 0 Å². The van der Waals surface area contributed by atoms with Gasteiger partial charge in [0, 0.05) is 20.6 Å². The summed E-state index contributed by atoms with van der Waals surface area (Å²) in [5.74, 6) is 2.86. The number of rotatable bonds is 4. The van der Waals surface area contributed by atoms with Crippen LogP contribution in [0.4, 0.5) is 0 Å². The molecule has 0 N–H and O–H groups in total. The summed E-state index contributed by atoms with van der Waals surface area (Å²) in [7, 11) is 4.27. The summed E-state index contributed by atoms with van der Waals surface area (Å²) in [6, 6.07) is 0.635. The summed E-state index contributed by atoms with van der Waals surface area (Å²) >= 11 is 0. The second-order valence-corrected chi connectivity index (χ2v) is 7.33. The third-order valence-corrected chi connectivity index (χ3v) is 4.71. The van der Waals surface area contributed by atoms with E-state index >= 15 is 0 Å². The van der Waals surface area contributed by atoms with Gasteiger partial charge in [0.25, 0.3) is 0 Å². The van der Waals surface area contributed by atoms with Gasteiger partial charge >= 0.3 is 0 Å². The van der Waals surface area contributed by atoms with Crippen molar-refractivity contribution >= 4 is 5.96 Å². The molecule has 1 fully saturated rings. The van der Waals surface area contributed by atoms with Crippen molar-refractivity contribution in [3.8, 4) is 0 Å². The van der Waals surface area contributed by atoms with Crippen molar-refractivity contribution < 1.29 is 0 Å². The molecule has 0 amide bonds. The smallest absolute Gasteiger partial charge is 0.196 e. The molecule has 1 atom stereocenters. The van der Waals surface area contributed by atoms with Crippen molar-refractivity contribution in [1.29, 1.82) is 0 Å². The minimum atomic E-state index is 0.635. The fourth-order valence-corrected chi connectivity index (χ4v) is 3.74. The number of nitrogens with zero attached hydrogens (tertiary/aromatic N) is 3. The maximum atomic E-state index is 4.81. The lowest BCUT2D eigenvalue weighted by molar-refractivity contribution is 0.232. The highest BCUT2D eigenvalue weighted by Gasteiger charge is 2.31. The lowest BCUT2D eigenvalue weighted by Crippen LogP contribution is -2.45. The third-order valence-electron chi connectivity index (χ3n) is 4.71. The van der Waals surface area contributed by atoms with Gasteiger partial charge in [-0.3, -0.25) is 4.99 Å². The van der Waals surface area contributed by atoms with Gasteiger partial charge in [-0.15, -0.1) is 0 Å². The largest absolute Gasteiger partial charge is 0.349 e. The van der Waals surface area contributed by atoms with Gasteiger partial charge in [-0.1, -0.05) is 39.5 Å². The second kappa shape index (κ2) is 7.33. The molecule has 1 heterocycles. The Balaban J connectivity index is 1.99. The van der Waals surface area contributed by atoms with E-state index in [1.165, 1.54) is 57.5 Å². The van der Waals surface area contributed by atoms with Crippen LogP contribution in [-0.2, 0) is 0 Å². The Bertz CT molecular complexity index is 314. The van der Waals surface area contributed by atoms with E-state index in [1.54, 1.807) is 0 Å². The maximum Gasteiger partial charge on any atom is 0.196 e. The lowest BCUT2D eigenvalue weighted by atomic mass is 9.97. The monoisotopic (exact) mass is 279 g/mol. The molecule has 0 radical (unpaired) electrons. The first kappa shape index (κ1) is 15.7. The quantitative estimate of drug-likeness (QED) is 0.732. The third kappa shape index (κ3) is 4.13. The molecule has 20 heavy (non-hydrogen) atoms. The highest BCUT2D eigenvalue weighted by molar-refractivity contribution is 5.81. The van der Waals surface area contributed by atoms with Gasteiger partial charge in [-0.2, -0.15) is 0 Å². The molecule has 2 aliphatic rings. The standard InChI is InChI=1S/C17H33N3/c1-14(2)11-16-12-18-17(19(3)4)20(16)13-15-9-7-5-6-8-10-15/h14-16H,5-13H2,1-4H3/t16-/m0/s1. The number of hydrogen-bond acceptors (Lipinski definition) is 3. The molecule has 2 rings (SSSR count). The molecule has 116 valence electrons. The Morgan fingerprint density at radius 2 is 1.80 bits per heavy atom. The van der Waals surface area contributed by atoms with Crippen LogP contribution in [0.3, 0.4) is 0 Å². The maximum absolute atomic E-state index is 4.81. The average molecular weight is 279 g/mol. The predicted octanol–water partition coefficient (Wildman–Crippen LogP) is 3.60. The SMILES string of the molecule is CC(C)C[C@H]1CN=C(N(C)C)N1CC1CCCCCC1. The summed E-state index contributed by atoms with van der Waals surface area (Å²) in [5, 5.41) is 0. The van der Waals surface area contributed by atoms with Crippen LogP contribution in [0.1, 0.15) is 58.8 Å². The summed E-state index contributed by atoms with van der Waals surface area (Å²) < 4.78 is 0. The first-order valence-corrected chi connectivity index (χ1v) is 8.56. The topological polar surface area (TPSA) is 18.8 Å². The van der Waals surface area contributed by atoms with Crippen LogP contribution in [0.2, 0.25) is 0 Å². The fraction of sp³-hybridized carbons (Fsp3) is 0.941. The van der Waals surface area contributed by atoms with E-state index in [0.29, 0.717) is 6.04 Å². The zero-order chi connectivity index (χ0) is 14.5. The summed E-state index contributed by atoms with van der Waals surface area (Å²) in [6.45, 7) is 6.89. The van der Waals surface area contributed by atoms with Crippen LogP contribution in [0.25, 0.3) is 0 Å². The first-order valence-electron chi connectivity index (χ1n) is 8.56. The Morgan fingerprint density at radius 3 is 2.35 bits per heavy atom. The molecule has 1 aliphatic carbocycles. The second-order valence-electron chi connectivity index (χ2n) is 7.33. The van der Waals surface area contributed by atoms with Crippen molar-refractivity contribution in [2.24, 2.45) is 16.8 Å². The Morgan fingerprint density at radius 1 is 1.15 bits per heavy atom. The van der Waals surface area contributed by atoms with E-state index in [4.69, 9.17) is 4.99 Å². The molecule has 0 spiro atoms. The molecule has 0 aromatic carbocycles. The molecule has 3 heteroatoms. The molecule has 0 saturated heterocycles. The van der Waals surface area contributed by atoms with Gasteiger partial charge in [-0.25, -0.2) is 0 Å². The van der Waals surface area contributed by atoms with Crippen LogP contribution in [-0.4, -0.2) is 49.0 Å². The molecular formula is C17H33N3. The van der Waals surface area contributed by atoms with Gasteiger partial charge in [-0.05, 0) is 31.1 Å². The van der Waals surface area contributed by atoms with Gasteiger partial charge in [0.15, 0.2) is 5.96 Å². The molecule has 1 saturated carbocycles. The van der Waals surface area contributed by atoms with Crippen molar-refractivity contribution in [2.45, 2.75) is 64.8 Å². The molecule has 0 unspecified atom stereocenters. The normalized spacial score (nSPS) is 24.9. The van der Waals surface area contributed by atoms with Gasteiger partial charge in [0.1, 0.15) is 0 Å². The number of hydrogen-bond donors (Lipinski definition) is 0. The zero-order valence-electron chi connectivity index (χ0n) is 13.9. The fourth-order valence-electron chi connectivity index (χ4n) is 3.74. The predicted molar refractivity (Wildman–Crippen MR) is 87.1 cm³/mol. The molecule has 0 aromatic heterocycles. The number of aliphatic imine (C=N–C) groups is 1. The van der Waals surface area contributed by atoms with E-state index < -0.39 is 0 Å². The summed E-state index contributed by atoms with van der Waals surface area (Å²) in [5.41, 5.74) is 0. The van der Waals surface area contributed by atoms with E-state index in [-0.39, 0.29) is 0 Å². The number of guanidine groups is 1. The van der Waals surface area contributed by atoms with Crippen LogP contribution < -0.4 is 0 Å². The average Bonchev–Trinajstić information content (AvgIpc) is 2.60. The first-order chi connectivity index (χ1) is 9.58. The van der Waals surface area contributed by atoms with Crippen LogP contribution in [0, 0.1) is 11.8 Å². The van der Waals surface area contributed by atoms with Crippen molar-refractivity contribution in [2.75, 3.05) is 27.2 Å². The van der Waals surface area contributed by atoms with E-state index in [0.717, 1.165) is 18.4 Å². The highest BCUT2D eigenvalue weighted by Crippen LogP contribution is 2.27. The Hall–Kier alpha value is -0.730. The Labute approximate surface area is 125 Å². The highest BCUT2D eigenvalue weighted by atomic mass is 15.4. The van der Waals surface area contributed by atoms with E-state index in [9.17, 15) is 0 Å². The minimum absolute atomic E-state index is 0.635.